The number of benzene rings is 2. The van der Waals surface area contributed by atoms with E-state index in [1.807, 2.05) is 6.92 Å². The molecule has 0 radical (unpaired) electrons. The fourth-order valence-electron chi connectivity index (χ4n) is 3.09. The number of rotatable bonds is 11. The zero-order valence-electron chi connectivity index (χ0n) is 20.3. The second-order valence-corrected chi connectivity index (χ2v) is 11.3. The predicted molar refractivity (Wildman–Crippen MR) is 144 cm³/mol. The summed E-state index contributed by atoms with van der Waals surface area (Å²) in [5.74, 6) is -0.466. The van der Waals surface area contributed by atoms with E-state index in [0.717, 1.165) is 17.3 Å². The van der Waals surface area contributed by atoms with Crippen LogP contribution in [0, 0.1) is 6.92 Å². The second-order valence-electron chi connectivity index (χ2n) is 7.83. The first-order valence-electron chi connectivity index (χ1n) is 11.3. The summed E-state index contributed by atoms with van der Waals surface area (Å²) in [6.07, 6.45) is 0.0410. The van der Waals surface area contributed by atoms with Gasteiger partial charge in [-0.1, -0.05) is 29.5 Å². The number of carbonyl (C=O) groups excluding carboxylic acids is 2. The van der Waals surface area contributed by atoms with Crippen LogP contribution in [0.15, 0.2) is 68.4 Å². The van der Waals surface area contributed by atoms with Crippen LogP contribution in [-0.4, -0.2) is 47.8 Å². The molecule has 0 aliphatic heterocycles. The van der Waals surface area contributed by atoms with Gasteiger partial charge in [0, 0.05) is 16.6 Å². The molecule has 0 aliphatic rings. The van der Waals surface area contributed by atoms with E-state index in [4.69, 9.17) is 9.15 Å². The highest BCUT2D eigenvalue weighted by molar-refractivity contribution is 7.99. The van der Waals surface area contributed by atoms with E-state index >= 15 is 0 Å². The largest absolute Gasteiger partial charge is 0.466 e. The van der Waals surface area contributed by atoms with Gasteiger partial charge >= 0.3 is 5.97 Å². The highest BCUT2D eigenvalue weighted by Gasteiger charge is 2.16. The van der Waals surface area contributed by atoms with Gasteiger partial charge in [-0.25, -0.2) is 13.4 Å². The predicted octanol–water partition coefficient (Wildman–Crippen LogP) is 4.14. The zero-order valence-corrected chi connectivity index (χ0v) is 22.8. The average molecular weight is 574 g/mol. The number of sulfonamides is 1. The lowest BCUT2D eigenvalue weighted by molar-refractivity contribution is -0.142. The van der Waals surface area contributed by atoms with Crippen molar-refractivity contribution in [3.05, 3.63) is 65.2 Å². The lowest BCUT2D eigenvalue weighted by Crippen LogP contribution is -2.14. The first-order valence-corrected chi connectivity index (χ1v) is 14.6. The highest BCUT2D eigenvalue weighted by atomic mass is 32.2. The average Bonchev–Trinajstić information content (AvgIpc) is 3.53. The van der Waals surface area contributed by atoms with Crippen LogP contribution < -0.4 is 10.0 Å². The van der Waals surface area contributed by atoms with Gasteiger partial charge in [0.05, 0.1) is 29.4 Å². The van der Waals surface area contributed by atoms with Crippen molar-refractivity contribution < 1.29 is 27.2 Å². The van der Waals surface area contributed by atoms with Crippen molar-refractivity contribution in [3.63, 3.8) is 0 Å². The van der Waals surface area contributed by atoms with Gasteiger partial charge < -0.3 is 14.5 Å². The van der Waals surface area contributed by atoms with E-state index in [9.17, 15) is 18.0 Å². The number of hydrogen-bond acceptors (Lipinski definition) is 11. The number of thioether (sulfide) groups is 1. The summed E-state index contributed by atoms with van der Waals surface area (Å²) in [6, 6.07) is 13.0. The molecule has 0 bridgehead atoms. The number of hydrogen-bond donors (Lipinski definition) is 2. The van der Waals surface area contributed by atoms with Crippen molar-refractivity contribution in [2.24, 2.45) is 0 Å². The molecule has 11 nitrogen and oxygen atoms in total. The van der Waals surface area contributed by atoms with Gasteiger partial charge in [-0.3, -0.25) is 14.3 Å². The smallest absolute Gasteiger partial charge is 0.311 e. The van der Waals surface area contributed by atoms with Crippen molar-refractivity contribution in [2.45, 2.75) is 30.4 Å². The monoisotopic (exact) mass is 573 g/mol. The first kappa shape index (κ1) is 27.3. The Kier molecular flexibility index (Phi) is 8.76. The van der Waals surface area contributed by atoms with Crippen LogP contribution in [0.3, 0.4) is 0 Å². The van der Waals surface area contributed by atoms with Crippen LogP contribution in [0.5, 0.6) is 0 Å². The molecular weight excluding hydrogens is 550 g/mol. The van der Waals surface area contributed by atoms with E-state index in [1.165, 1.54) is 11.3 Å². The maximum absolute atomic E-state index is 12.6. The zero-order chi connectivity index (χ0) is 27.1. The van der Waals surface area contributed by atoms with Crippen molar-refractivity contribution in [3.8, 4) is 11.5 Å². The molecule has 14 heteroatoms. The number of aromatic nitrogens is 3. The Balaban J connectivity index is 1.29. The van der Waals surface area contributed by atoms with Crippen molar-refractivity contribution in [1.29, 1.82) is 0 Å². The molecule has 0 atom stereocenters. The Morgan fingerprint density at radius 2 is 1.82 bits per heavy atom. The molecule has 0 saturated heterocycles. The number of ether oxygens (including phenoxy) is 1. The summed E-state index contributed by atoms with van der Waals surface area (Å²) in [5.41, 5.74) is 2.45. The van der Waals surface area contributed by atoms with Crippen LogP contribution >= 0.6 is 23.1 Å². The minimum absolute atomic E-state index is 0.00809. The Morgan fingerprint density at radius 1 is 1.08 bits per heavy atom. The Bertz CT molecular complexity index is 1520. The molecular formula is C24H23N5O6S3. The normalized spacial score (nSPS) is 11.2. The van der Waals surface area contributed by atoms with Gasteiger partial charge in [-0.15, -0.1) is 21.5 Å². The molecule has 1 amide bonds. The lowest BCUT2D eigenvalue weighted by atomic mass is 10.2. The summed E-state index contributed by atoms with van der Waals surface area (Å²) in [5, 5.41) is 12.9. The SMILES string of the molecule is CCOC(=O)Cc1csc(NC(=O)CSc2nnc(-c3ccc(NS(=O)(=O)c4ccc(C)cc4)cc3)o2)n1. The van der Waals surface area contributed by atoms with Crippen LogP contribution in [0.4, 0.5) is 10.8 Å². The van der Waals surface area contributed by atoms with E-state index in [1.54, 1.807) is 60.8 Å². The number of aryl methyl sites for hydroxylation is 1. The van der Waals surface area contributed by atoms with Crippen molar-refractivity contribution >= 4 is 55.8 Å². The molecule has 2 aromatic heterocycles. The van der Waals surface area contributed by atoms with Gasteiger partial charge in [0.15, 0.2) is 5.13 Å². The summed E-state index contributed by atoms with van der Waals surface area (Å²) >= 11 is 2.27. The third-order valence-electron chi connectivity index (χ3n) is 4.88. The maximum Gasteiger partial charge on any atom is 0.311 e. The van der Waals surface area contributed by atoms with E-state index in [2.05, 4.69) is 25.2 Å². The van der Waals surface area contributed by atoms with Crippen LogP contribution in [0.1, 0.15) is 18.2 Å². The fourth-order valence-corrected chi connectivity index (χ4v) is 5.43. The quantitative estimate of drug-likeness (QED) is 0.198. The second kappa shape index (κ2) is 12.2. The number of carbonyl (C=O) groups is 2. The Hall–Kier alpha value is -3.75. The minimum atomic E-state index is -3.72. The lowest BCUT2D eigenvalue weighted by Gasteiger charge is -2.08. The van der Waals surface area contributed by atoms with Crippen LogP contribution in [-0.2, 0) is 30.8 Å². The molecule has 2 N–H and O–H groups in total. The maximum atomic E-state index is 12.6. The Labute approximate surface area is 227 Å². The van der Waals surface area contributed by atoms with Gasteiger partial charge in [0.1, 0.15) is 0 Å². The summed E-state index contributed by atoms with van der Waals surface area (Å²) in [4.78, 5) is 28.2. The number of nitrogens with one attached hydrogen (secondary N) is 2. The fraction of sp³-hybridized carbons (Fsp3) is 0.208. The van der Waals surface area contributed by atoms with Gasteiger partial charge in [0.25, 0.3) is 15.2 Å². The standard InChI is InChI=1S/C24H23N5O6S3/c1-3-34-21(31)12-18-13-36-23(25-18)26-20(30)14-37-24-28-27-22(35-24)16-6-8-17(9-7-16)29-38(32,33)19-10-4-15(2)5-11-19/h4-11,13,29H,3,12,14H2,1-2H3,(H,25,26,30). The molecule has 198 valence electrons. The van der Waals surface area contributed by atoms with Gasteiger partial charge in [-0.05, 0) is 50.2 Å². The van der Waals surface area contributed by atoms with E-state index in [-0.39, 0.29) is 40.1 Å². The first-order chi connectivity index (χ1) is 18.2. The van der Waals surface area contributed by atoms with Gasteiger partial charge in [0.2, 0.25) is 11.8 Å². The molecule has 38 heavy (non-hydrogen) atoms. The van der Waals surface area contributed by atoms with Gasteiger partial charge in [-0.2, -0.15) is 0 Å². The molecule has 2 aromatic carbocycles. The topological polar surface area (TPSA) is 153 Å². The molecule has 2 heterocycles. The number of thiazole rings is 1. The number of esters is 1. The van der Waals surface area contributed by atoms with Crippen LogP contribution in [0.2, 0.25) is 0 Å². The summed E-state index contributed by atoms with van der Waals surface area (Å²) in [6.45, 7) is 3.90. The molecule has 0 unspecified atom stereocenters. The summed E-state index contributed by atoms with van der Waals surface area (Å²) < 4.78 is 38.2. The third-order valence-corrected chi connectivity index (χ3v) is 7.90. The molecule has 4 rings (SSSR count). The van der Waals surface area contributed by atoms with Crippen LogP contribution in [0.25, 0.3) is 11.5 Å². The molecule has 4 aromatic rings. The Morgan fingerprint density at radius 3 is 2.53 bits per heavy atom. The number of nitrogens with zero attached hydrogens (tertiary/aromatic N) is 3. The minimum Gasteiger partial charge on any atom is -0.466 e. The summed E-state index contributed by atoms with van der Waals surface area (Å²) in [7, 11) is -3.72. The van der Waals surface area contributed by atoms with E-state index < -0.39 is 10.0 Å². The third kappa shape index (κ3) is 7.40. The van der Waals surface area contributed by atoms with Crippen molar-refractivity contribution in [2.75, 3.05) is 22.4 Å². The molecule has 0 saturated carbocycles. The number of amides is 1. The molecule has 0 fully saturated rings. The highest BCUT2D eigenvalue weighted by Crippen LogP contribution is 2.26. The van der Waals surface area contributed by atoms with Crippen molar-refractivity contribution in [1.82, 2.24) is 15.2 Å². The molecule has 0 aliphatic carbocycles. The number of anilines is 2. The van der Waals surface area contributed by atoms with E-state index in [0.29, 0.717) is 28.7 Å². The molecule has 0 spiro atoms.